The Bertz CT molecular complexity index is 496. The van der Waals surface area contributed by atoms with Crippen LogP contribution in [0.25, 0.3) is 0 Å². The summed E-state index contributed by atoms with van der Waals surface area (Å²) in [4.78, 5) is 11.4. The van der Waals surface area contributed by atoms with Gasteiger partial charge in [-0.2, -0.15) is 0 Å². The summed E-state index contributed by atoms with van der Waals surface area (Å²) in [6.07, 6.45) is 4.22. The number of benzene rings is 1. The molecular formula is C14H19BrN2O2. The van der Waals surface area contributed by atoms with Crippen molar-refractivity contribution in [3.05, 3.63) is 22.2 Å². The first-order valence-corrected chi connectivity index (χ1v) is 7.29. The maximum atomic E-state index is 11.4. The number of hydrogen-bond acceptors (Lipinski definition) is 3. The van der Waals surface area contributed by atoms with Gasteiger partial charge >= 0.3 is 0 Å². The average molecular weight is 327 g/mol. The van der Waals surface area contributed by atoms with Crippen molar-refractivity contribution < 1.29 is 9.90 Å². The van der Waals surface area contributed by atoms with Crippen LogP contribution in [0.3, 0.4) is 0 Å². The number of hydrogen-bond donors (Lipinski definition) is 3. The lowest BCUT2D eigenvalue weighted by Crippen LogP contribution is -2.33. The van der Waals surface area contributed by atoms with Gasteiger partial charge in [-0.05, 0) is 25.0 Å². The molecule has 1 aromatic rings. The molecule has 1 saturated carbocycles. The third-order valence-corrected chi connectivity index (χ3v) is 4.58. The van der Waals surface area contributed by atoms with Gasteiger partial charge in [0.2, 0.25) is 5.91 Å². The third-order valence-electron chi connectivity index (χ3n) is 3.92. The van der Waals surface area contributed by atoms with Gasteiger partial charge in [0.05, 0.1) is 5.69 Å². The quantitative estimate of drug-likeness (QED) is 0.747. The molecular weight excluding hydrogens is 308 g/mol. The van der Waals surface area contributed by atoms with Gasteiger partial charge in [0.1, 0.15) is 5.75 Å². The van der Waals surface area contributed by atoms with Gasteiger partial charge in [0, 0.05) is 28.9 Å². The van der Waals surface area contributed by atoms with Gasteiger partial charge in [-0.3, -0.25) is 4.79 Å². The van der Waals surface area contributed by atoms with Crippen molar-refractivity contribution in [2.24, 2.45) is 5.73 Å². The number of aromatic hydroxyl groups is 1. The summed E-state index contributed by atoms with van der Waals surface area (Å²) >= 11 is 3.54. The number of phenolic OH excluding ortho intramolecular Hbond substituents is 1. The molecule has 0 unspecified atom stereocenters. The van der Waals surface area contributed by atoms with E-state index in [1.807, 2.05) is 6.07 Å². The normalized spacial score (nSPS) is 17.4. The minimum Gasteiger partial charge on any atom is -0.506 e. The van der Waals surface area contributed by atoms with E-state index in [1.165, 1.54) is 6.92 Å². The molecule has 1 aliphatic rings. The van der Waals surface area contributed by atoms with Crippen LogP contribution < -0.4 is 11.1 Å². The summed E-state index contributed by atoms with van der Waals surface area (Å²) < 4.78 is 0.890. The molecule has 0 atom stereocenters. The SMILES string of the molecule is CC(=O)Nc1c(O)ccc(Br)c1C1(CN)CCCC1. The second-order valence-corrected chi connectivity index (χ2v) is 6.04. The molecule has 5 heteroatoms. The van der Waals surface area contributed by atoms with Crippen LogP contribution in [0.15, 0.2) is 16.6 Å². The zero-order valence-corrected chi connectivity index (χ0v) is 12.6. The van der Waals surface area contributed by atoms with Crippen LogP contribution in [0.2, 0.25) is 0 Å². The van der Waals surface area contributed by atoms with Crippen LogP contribution >= 0.6 is 15.9 Å². The molecule has 0 saturated heterocycles. The van der Waals surface area contributed by atoms with Crippen molar-refractivity contribution in [2.45, 2.75) is 38.0 Å². The van der Waals surface area contributed by atoms with Crippen molar-refractivity contribution in [3.63, 3.8) is 0 Å². The minimum atomic E-state index is -0.195. The van der Waals surface area contributed by atoms with Crippen molar-refractivity contribution >= 4 is 27.5 Å². The van der Waals surface area contributed by atoms with Gasteiger partial charge in [0.25, 0.3) is 0 Å². The maximum absolute atomic E-state index is 11.4. The number of anilines is 1. The Labute approximate surface area is 121 Å². The van der Waals surface area contributed by atoms with Crippen LogP contribution in [0.1, 0.15) is 38.2 Å². The lowest BCUT2D eigenvalue weighted by Gasteiger charge is -2.31. The molecule has 2 rings (SSSR count). The lowest BCUT2D eigenvalue weighted by molar-refractivity contribution is -0.114. The predicted octanol–water partition coefficient (Wildman–Crippen LogP) is 2.88. The Morgan fingerprint density at radius 3 is 2.63 bits per heavy atom. The molecule has 0 spiro atoms. The highest BCUT2D eigenvalue weighted by Gasteiger charge is 2.38. The Kier molecular flexibility index (Phi) is 4.16. The van der Waals surface area contributed by atoms with Crippen LogP contribution in [-0.4, -0.2) is 17.6 Å². The van der Waals surface area contributed by atoms with Crippen LogP contribution in [-0.2, 0) is 10.2 Å². The fourth-order valence-corrected chi connectivity index (χ4v) is 3.75. The summed E-state index contributed by atoms with van der Waals surface area (Å²) in [5.74, 6) is -0.104. The maximum Gasteiger partial charge on any atom is 0.221 e. The predicted molar refractivity (Wildman–Crippen MR) is 79.3 cm³/mol. The van der Waals surface area contributed by atoms with Gasteiger partial charge in [-0.1, -0.05) is 28.8 Å². The number of amides is 1. The van der Waals surface area contributed by atoms with E-state index < -0.39 is 0 Å². The molecule has 0 radical (unpaired) electrons. The van der Waals surface area contributed by atoms with Crippen molar-refractivity contribution in [1.29, 1.82) is 0 Å². The molecule has 0 aromatic heterocycles. The molecule has 1 amide bonds. The summed E-state index contributed by atoms with van der Waals surface area (Å²) in [5, 5.41) is 12.8. The van der Waals surface area contributed by atoms with Crippen LogP contribution in [0.4, 0.5) is 5.69 Å². The van der Waals surface area contributed by atoms with E-state index in [0.29, 0.717) is 12.2 Å². The van der Waals surface area contributed by atoms with E-state index in [4.69, 9.17) is 5.73 Å². The number of nitrogens with two attached hydrogens (primary N) is 1. The molecule has 4 nitrogen and oxygen atoms in total. The summed E-state index contributed by atoms with van der Waals surface area (Å²) in [7, 11) is 0. The summed E-state index contributed by atoms with van der Waals surface area (Å²) in [5.41, 5.74) is 7.27. The van der Waals surface area contributed by atoms with Crippen LogP contribution in [0.5, 0.6) is 5.75 Å². The van der Waals surface area contributed by atoms with Gasteiger partial charge < -0.3 is 16.2 Å². The van der Waals surface area contributed by atoms with Gasteiger partial charge in [-0.25, -0.2) is 0 Å². The number of carbonyl (C=O) groups is 1. The molecule has 0 bridgehead atoms. The number of halogens is 1. The second-order valence-electron chi connectivity index (χ2n) is 5.19. The smallest absolute Gasteiger partial charge is 0.221 e. The second kappa shape index (κ2) is 5.51. The van der Waals surface area contributed by atoms with E-state index in [1.54, 1.807) is 6.07 Å². The lowest BCUT2D eigenvalue weighted by atomic mass is 9.78. The Morgan fingerprint density at radius 1 is 1.47 bits per heavy atom. The van der Waals surface area contributed by atoms with Gasteiger partial charge in [0.15, 0.2) is 0 Å². The Balaban J connectivity index is 2.59. The van der Waals surface area contributed by atoms with Crippen molar-refractivity contribution in [3.8, 4) is 5.75 Å². The highest BCUT2D eigenvalue weighted by molar-refractivity contribution is 9.10. The summed E-state index contributed by atoms with van der Waals surface area (Å²) in [6.45, 7) is 1.95. The minimum absolute atomic E-state index is 0.0909. The number of phenols is 1. The molecule has 0 aliphatic heterocycles. The number of carbonyl (C=O) groups excluding carboxylic acids is 1. The van der Waals surface area contributed by atoms with E-state index in [-0.39, 0.29) is 17.1 Å². The third kappa shape index (κ3) is 2.62. The molecule has 1 aliphatic carbocycles. The zero-order chi connectivity index (χ0) is 14.0. The van der Waals surface area contributed by atoms with Crippen LogP contribution in [0, 0.1) is 0 Å². The summed E-state index contributed by atoms with van der Waals surface area (Å²) in [6, 6.07) is 3.39. The van der Waals surface area contributed by atoms with E-state index in [0.717, 1.165) is 35.7 Å². The first-order valence-electron chi connectivity index (χ1n) is 6.50. The Morgan fingerprint density at radius 2 is 2.11 bits per heavy atom. The molecule has 1 fully saturated rings. The van der Waals surface area contributed by atoms with Crippen molar-refractivity contribution in [2.75, 3.05) is 11.9 Å². The van der Waals surface area contributed by atoms with E-state index >= 15 is 0 Å². The zero-order valence-electron chi connectivity index (χ0n) is 11.0. The van der Waals surface area contributed by atoms with Gasteiger partial charge in [-0.15, -0.1) is 0 Å². The highest BCUT2D eigenvalue weighted by Crippen LogP contribution is 2.48. The van der Waals surface area contributed by atoms with E-state index in [9.17, 15) is 9.90 Å². The average Bonchev–Trinajstić information content (AvgIpc) is 2.83. The Hall–Kier alpha value is -1.07. The molecule has 4 N–H and O–H groups in total. The topological polar surface area (TPSA) is 75.3 Å². The first kappa shape index (κ1) is 14.3. The molecule has 1 aromatic carbocycles. The van der Waals surface area contributed by atoms with E-state index in [2.05, 4.69) is 21.2 Å². The molecule has 104 valence electrons. The molecule has 0 heterocycles. The fourth-order valence-electron chi connectivity index (χ4n) is 3.00. The highest BCUT2D eigenvalue weighted by atomic mass is 79.9. The molecule has 19 heavy (non-hydrogen) atoms. The monoisotopic (exact) mass is 326 g/mol. The standard InChI is InChI=1S/C14H19BrN2O2/c1-9(18)17-13-11(19)5-4-10(15)12(13)14(8-16)6-2-3-7-14/h4-5,19H,2-3,6-8,16H2,1H3,(H,17,18). The fraction of sp³-hybridized carbons (Fsp3) is 0.500. The first-order chi connectivity index (χ1) is 9.00. The number of nitrogens with one attached hydrogen (secondary N) is 1. The largest absolute Gasteiger partial charge is 0.506 e. The van der Waals surface area contributed by atoms with Crippen molar-refractivity contribution in [1.82, 2.24) is 0 Å². The number of rotatable bonds is 3.